The highest BCUT2D eigenvalue weighted by Crippen LogP contribution is 2.24. The largest absolute Gasteiger partial charge is 0.340 e. The maximum absolute atomic E-state index is 12.5. The van der Waals surface area contributed by atoms with Crippen molar-refractivity contribution in [1.29, 1.82) is 0 Å². The second-order valence-electron chi connectivity index (χ2n) is 6.80. The second-order valence-corrected chi connectivity index (χ2v) is 6.80. The van der Waals surface area contributed by atoms with Gasteiger partial charge in [0.05, 0.1) is 0 Å². The van der Waals surface area contributed by atoms with Gasteiger partial charge in [0, 0.05) is 19.0 Å². The number of amides is 1. The van der Waals surface area contributed by atoms with Gasteiger partial charge in [-0.15, -0.1) is 0 Å². The molecule has 1 aromatic rings. The van der Waals surface area contributed by atoms with Gasteiger partial charge < -0.3 is 10.2 Å². The Bertz CT molecular complexity index is 468. The fourth-order valence-corrected chi connectivity index (χ4v) is 3.87. The standard InChI is InChI=1S/C19H28N2O/c22-19(11-9-17-12-13-20-15-17)21-14-4-7-18(21)10-8-16-5-2-1-3-6-16/h1-3,5-6,17-18,20H,4,7-15H2. The number of nitrogens with one attached hydrogen (secondary N) is 1. The van der Waals surface area contributed by atoms with Crippen molar-refractivity contribution in [2.24, 2.45) is 5.92 Å². The number of likely N-dealkylation sites (tertiary alicyclic amines) is 1. The molecule has 2 saturated heterocycles. The van der Waals surface area contributed by atoms with E-state index in [1.54, 1.807) is 0 Å². The van der Waals surface area contributed by atoms with Crippen molar-refractivity contribution in [1.82, 2.24) is 10.2 Å². The monoisotopic (exact) mass is 300 g/mol. The van der Waals surface area contributed by atoms with Crippen LogP contribution in [0.2, 0.25) is 0 Å². The van der Waals surface area contributed by atoms with E-state index in [9.17, 15) is 4.79 Å². The lowest BCUT2D eigenvalue weighted by Crippen LogP contribution is -2.36. The lowest BCUT2D eigenvalue weighted by Gasteiger charge is -2.25. The fraction of sp³-hybridized carbons (Fsp3) is 0.632. The number of nitrogens with zero attached hydrogens (tertiary/aromatic N) is 1. The van der Waals surface area contributed by atoms with E-state index in [2.05, 4.69) is 40.5 Å². The predicted molar refractivity (Wildman–Crippen MR) is 89.7 cm³/mol. The minimum Gasteiger partial charge on any atom is -0.340 e. The summed E-state index contributed by atoms with van der Waals surface area (Å²) in [5, 5.41) is 3.39. The molecule has 2 heterocycles. The number of benzene rings is 1. The molecule has 2 aliphatic heterocycles. The summed E-state index contributed by atoms with van der Waals surface area (Å²) >= 11 is 0. The molecule has 22 heavy (non-hydrogen) atoms. The molecule has 2 aliphatic rings. The summed E-state index contributed by atoms with van der Waals surface area (Å²) in [6, 6.07) is 11.1. The molecule has 2 atom stereocenters. The first-order valence-corrected chi connectivity index (χ1v) is 8.87. The molecule has 0 aromatic heterocycles. The number of hydrogen-bond acceptors (Lipinski definition) is 2. The van der Waals surface area contributed by atoms with Crippen molar-refractivity contribution in [3.63, 3.8) is 0 Å². The summed E-state index contributed by atoms with van der Waals surface area (Å²) in [6.45, 7) is 3.20. The summed E-state index contributed by atoms with van der Waals surface area (Å²) in [5.74, 6) is 1.11. The van der Waals surface area contributed by atoms with E-state index in [-0.39, 0.29) is 0 Å². The van der Waals surface area contributed by atoms with Gasteiger partial charge in [-0.25, -0.2) is 0 Å². The molecular formula is C19H28N2O. The predicted octanol–water partition coefficient (Wildman–Crippen LogP) is 3.00. The fourth-order valence-electron chi connectivity index (χ4n) is 3.87. The van der Waals surface area contributed by atoms with E-state index in [0.717, 1.165) is 45.3 Å². The molecule has 3 heteroatoms. The van der Waals surface area contributed by atoms with Gasteiger partial charge in [-0.05, 0) is 63.1 Å². The third kappa shape index (κ3) is 4.10. The second kappa shape index (κ2) is 7.77. The van der Waals surface area contributed by atoms with Gasteiger partial charge in [-0.1, -0.05) is 30.3 Å². The molecule has 0 spiro atoms. The Balaban J connectivity index is 1.46. The zero-order valence-corrected chi connectivity index (χ0v) is 13.5. The molecule has 2 fully saturated rings. The van der Waals surface area contributed by atoms with Gasteiger partial charge in [-0.3, -0.25) is 4.79 Å². The first-order chi connectivity index (χ1) is 10.8. The van der Waals surface area contributed by atoms with Crippen molar-refractivity contribution < 1.29 is 4.79 Å². The van der Waals surface area contributed by atoms with Crippen molar-refractivity contribution in [3.8, 4) is 0 Å². The zero-order chi connectivity index (χ0) is 15.2. The maximum Gasteiger partial charge on any atom is 0.222 e. The molecule has 3 rings (SSSR count). The number of carbonyl (C=O) groups is 1. The SMILES string of the molecule is O=C(CCC1CCNC1)N1CCCC1CCc1ccccc1. The summed E-state index contributed by atoms with van der Waals surface area (Å²) in [5.41, 5.74) is 1.39. The smallest absolute Gasteiger partial charge is 0.222 e. The van der Waals surface area contributed by atoms with Crippen molar-refractivity contribution in [2.45, 2.75) is 51.0 Å². The summed E-state index contributed by atoms with van der Waals surface area (Å²) in [6.07, 6.45) is 7.61. The lowest BCUT2D eigenvalue weighted by atomic mass is 10.0. The number of carbonyl (C=O) groups excluding carboxylic acids is 1. The summed E-state index contributed by atoms with van der Waals surface area (Å²) in [7, 11) is 0. The normalized spacial score (nSPS) is 24.8. The molecule has 2 unspecified atom stereocenters. The quantitative estimate of drug-likeness (QED) is 0.876. The molecule has 0 radical (unpaired) electrons. The van der Waals surface area contributed by atoms with E-state index >= 15 is 0 Å². The van der Waals surface area contributed by atoms with Gasteiger partial charge >= 0.3 is 0 Å². The van der Waals surface area contributed by atoms with Crippen molar-refractivity contribution in [2.75, 3.05) is 19.6 Å². The molecule has 3 nitrogen and oxygen atoms in total. The highest BCUT2D eigenvalue weighted by atomic mass is 16.2. The third-order valence-corrected chi connectivity index (χ3v) is 5.24. The van der Waals surface area contributed by atoms with Crippen molar-refractivity contribution >= 4 is 5.91 Å². The Morgan fingerprint density at radius 1 is 1.18 bits per heavy atom. The van der Waals surface area contributed by atoms with Crippen LogP contribution in [0.4, 0.5) is 0 Å². The van der Waals surface area contributed by atoms with E-state index in [4.69, 9.17) is 0 Å². The van der Waals surface area contributed by atoms with E-state index in [1.807, 2.05) is 0 Å². The Kier molecular flexibility index (Phi) is 5.49. The Hall–Kier alpha value is -1.35. The summed E-state index contributed by atoms with van der Waals surface area (Å²) < 4.78 is 0. The topological polar surface area (TPSA) is 32.3 Å². The lowest BCUT2D eigenvalue weighted by molar-refractivity contribution is -0.132. The van der Waals surface area contributed by atoms with Gasteiger partial charge in [0.15, 0.2) is 0 Å². The molecule has 1 amide bonds. The van der Waals surface area contributed by atoms with Gasteiger partial charge in [-0.2, -0.15) is 0 Å². The molecule has 0 aliphatic carbocycles. The van der Waals surface area contributed by atoms with Crippen LogP contribution in [0.5, 0.6) is 0 Å². The van der Waals surface area contributed by atoms with E-state index in [1.165, 1.54) is 24.8 Å². The highest BCUT2D eigenvalue weighted by Gasteiger charge is 2.28. The Labute approximate surface area is 134 Å². The molecule has 120 valence electrons. The van der Waals surface area contributed by atoms with Crippen LogP contribution in [0.1, 0.15) is 44.1 Å². The molecular weight excluding hydrogens is 272 g/mol. The Morgan fingerprint density at radius 3 is 2.82 bits per heavy atom. The minimum absolute atomic E-state index is 0.391. The van der Waals surface area contributed by atoms with Gasteiger partial charge in [0.1, 0.15) is 0 Å². The molecule has 0 bridgehead atoms. The van der Waals surface area contributed by atoms with E-state index in [0.29, 0.717) is 17.9 Å². The van der Waals surface area contributed by atoms with Crippen LogP contribution in [0.25, 0.3) is 0 Å². The molecule has 1 aromatic carbocycles. The third-order valence-electron chi connectivity index (χ3n) is 5.24. The van der Waals surface area contributed by atoms with Crippen LogP contribution in [0.3, 0.4) is 0 Å². The van der Waals surface area contributed by atoms with E-state index < -0.39 is 0 Å². The average Bonchev–Trinajstić information content (AvgIpc) is 3.23. The number of rotatable bonds is 6. The van der Waals surface area contributed by atoms with Crippen molar-refractivity contribution in [3.05, 3.63) is 35.9 Å². The van der Waals surface area contributed by atoms with Gasteiger partial charge in [0.2, 0.25) is 5.91 Å². The average molecular weight is 300 g/mol. The van der Waals surface area contributed by atoms with Crippen LogP contribution in [-0.2, 0) is 11.2 Å². The molecule has 1 N–H and O–H groups in total. The number of hydrogen-bond donors (Lipinski definition) is 1. The first kappa shape index (κ1) is 15.5. The highest BCUT2D eigenvalue weighted by molar-refractivity contribution is 5.76. The number of aryl methyl sites for hydroxylation is 1. The Morgan fingerprint density at radius 2 is 2.05 bits per heavy atom. The van der Waals surface area contributed by atoms with Crippen LogP contribution >= 0.6 is 0 Å². The minimum atomic E-state index is 0.391. The van der Waals surface area contributed by atoms with Crippen LogP contribution in [0.15, 0.2) is 30.3 Å². The first-order valence-electron chi connectivity index (χ1n) is 8.87. The van der Waals surface area contributed by atoms with Crippen LogP contribution < -0.4 is 5.32 Å². The maximum atomic E-state index is 12.5. The van der Waals surface area contributed by atoms with Crippen LogP contribution in [-0.4, -0.2) is 36.5 Å². The van der Waals surface area contributed by atoms with Gasteiger partial charge in [0.25, 0.3) is 0 Å². The summed E-state index contributed by atoms with van der Waals surface area (Å²) in [4.78, 5) is 14.7. The molecule has 0 saturated carbocycles. The zero-order valence-electron chi connectivity index (χ0n) is 13.5. The van der Waals surface area contributed by atoms with Crippen LogP contribution in [0, 0.1) is 5.92 Å².